The number of carbonyl (C=O) groups is 2. The van der Waals surface area contributed by atoms with Crippen molar-refractivity contribution in [2.45, 2.75) is 25.9 Å². The molecule has 0 bridgehead atoms. The number of benzene rings is 2. The van der Waals surface area contributed by atoms with Gasteiger partial charge in [0.05, 0.1) is 19.9 Å². The Morgan fingerprint density at radius 1 is 1.00 bits per heavy atom. The maximum Gasteiger partial charge on any atom is 0.271 e. The average Bonchev–Trinajstić information content (AvgIpc) is 2.87. The molecule has 0 aliphatic carbocycles. The van der Waals surface area contributed by atoms with Crippen molar-refractivity contribution in [3.8, 4) is 11.5 Å². The van der Waals surface area contributed by atoms with E-state index in [-0.39, 0.29) is 18.0 Å². The SMILES string of the molecule is COc1ccc(C2=NN(C(NC(=O)c3ccccn3)c3cccc(C)c3)C(=O)CC2)cc1OC. The van der Waals surface area contributed by atoms with Crippen LogP contribution in [0.4, 0.5) is 0 Å². The van der Waals surface area contributed by atoms with Gasteiger partial charge in [-0.15, -0.1) is 0 Å². The highest BCUT2D eigenvalue weighted by molar-refractivity contribution is 6.04. The summed E-state index contributed by atoms with van der Waals surface area (Å²) in [7, 11) is 3.15. The number of carbonyl (C=O) groups excluding carboxylic acids is 2. The molecule has 1 unspecified atom stereocenters. The minimum Gasteiger partial charge on any atom is -0.493 e. The normalized spacial score (nSPS) is 14.3. The standard InChI is InChI=1S/C26H26N4O4/c1-17-7-6-8-19(15-17)25(28-26(32)21-9-4-5-14-27-21)30-24(31)13-11-20(29-30)18-10-12-22(33-2)23(16-18)34-3/h4-10,12,14-16,25H,11,13H2,1-3H3,(H,28,32). The number of nitrogens with one attached hydrogen (secondary N) is 1. The number of nitrogens with zero attached hydrogens (tertiary/aromatic N) is 3. The second-order valence-electron chi connectivity index (χ2n) is 7.86. The molecular formula is C26H26N4O4. The predicted molar refractivity (Wildman–Crippen MR) is 128 cm³/mol. The van der Waals surface area contributed by atoms with Crippen LogP contribution in [0.25, 0.3) is 0 Å². The predicted octanol–water partition coefficient (Wildman–Crippen LogP) is 3.86. The van der Waals surface area contributed by atoms with Gasteiger partial charge in [-0.1, -0.05) is 35.9 Å². The van der Waals surface area contributed by atoms with Crippen LogP contribution in [0.1, 0.15) is 46.2 Å². The summed E-state index contributed by atoms with van der Waals surface area (Å²) in [5, 5.41) is 8.98. The van der Waals surface area contributed by atoms with E-state index < -0.39 is 12.1 Å². The van der Waals surface area contributed by atoms with Crippen LogP contribution in [-0.4, -0.2) is 41.7 Å². The molecule has 0 radical (unpaired) electrons. The van der Waals surface area contributed by atoms with E-state index in [9.17, 15) is 9.59 Å². The number of hydrazone groups is 1. The van der Waals surface area contributed by atoms with Gasteiger partial charge in [-0.05, 0) is 42.8 Å². The van der Waals surface area contributed by atoms with Crippen LogP contribution in [-0.2, 0) is 4.79 Å². The number of methoxy groups -OCH3 is 2. The van der Waals surface area contributed by atoms with Crippen molar-refractivity contribution in [3.05, 3.63) is 89.2 Å². The molecule has 174 valence electrons. The number of hydrogen-bond acceptors (Lipinski definition) is 6. The maximum atomic E-state index is 13.0. The Balaban J connectivity index is 1.73. The van der Waals surface area contributed by atoms with Crippen LogP contribution >= 0.6 is 0 Å². The number of rotatable bonds is 7. The zero-order valence-corrected chi connectivity index (χ0v) is 19.3. The van der Waals surface area contributed by atoms with E-state index >= 15 is 0 Å². The van der Waals surface area contributed by atoms with Gasteiger partial charge in [0.15, 0.2) is 17.7 Å². The van der Waals surface area contributed by atoms with E-state index in [0.29, 0.717) is 23.6 Å². The first-order valence-electron chi connectivity index (χ1n) is 10.9. The van der Waals surface area contributed by atoms with Crippen LogP contribution in [0.15, 0.2) is 72.0 Å². The van der Waals surface area contributed by atoms with E-state index in [1.54, 1.807) is 44.7 Å². The first kappa shape index (κ1) is 23.0. The third-order valence-electron chi connectivity index (χ3n) is 5.54. The van der Waals surface area contributed by atoms with Gasteiger partial charge in [0, 0.05) is 24.6 Å². The molecule has 2 amide bonds. The summed E-state index contributed by atoms with van der Waals surface area (Å²) in [6, 6.07) is 18.3. The van der Waals surface area contributed by atoms with E-state index in [1.807, 2.05) is 43.3 Å². The summed E-state index contributed by atoms with van der Waals surface area (Å²) in [5.41, 5.74) is 3.53. The van der Waals surface area contributed by atoms with E-state index in [2.05, 4.69) is 15.4 Å². The van der Waals surface area contributed by atoms with Gasteiger partial charge in [0.2, 0.25) is 5.91 Å². The lowest BCUT2D eigenvalue weighted by Gasteiger charge is -2.32. The van der Waals surface area contributed by atoms with Crippen molar-refractivity contribution in [3.63, 3.8) is 0 Å². The summed E-state index contributed by atoms with van der Waals surface area (Å²) in [4.78, 5) is 30.1. The minimum atomic E-state index is -0.794. The van der Waals surface area contributed by atoms with Crippen LogP contribution in [0, 0.1) is 6.92 Å². The largest absolute Gasteiger partial charge is 0.493 e. The van der Waals surface area contributed by atoms with Gasteiger partial charge in [-0.2, -0.15) is 5.10 Å². The molecule has 0 fully saturated rings. The number of amides is 2. The summed E-state index contributed by atoms with van der Waals surface area (Å²) < 4.78 is 10.7. The Labute approximate surface area is 198 Å². The quantitative estimate of drug-likeness (QED) is 0.580. The molecule has 1 aromatic heterocycles. The lowest BCUT2D eigenvalue weighted by Crippen LogP contribution is -2.44. The zero-order chi connectivity index (χ0) is 24.1. The highest BCUT2D eigenvalue weighted by atomic mass is 16.5. The lowest BCUT2D eigenvalue weighted by atomic mass is 10.0. The van der Waals surface area contributed by atoms with Crippen LogP contribution in [0.5, 0.6) is 11.5 Å². The zero-order valence-electron chi connectivity index (χ0n) is 19.3. The summed E-state index contributed by atoms with van der Waals surface area (Å²) in [6.45, 7) is 1.96. The Morgan fingerprint density at radius 3 is 2.53 bits per heavy atom. The minimum absolute atomic E-state index is 0.183. The lowest BCUT2D eigenvalue weighted by molar-refractivity contribution is -0.134. The molecule has 0 saturated heterocycles. The van der Waals surface area contributed by atoms with Crippen LogP contribution < -0.4 is 14.8 Å². The first-order valence-corrected chi connectivity index (χ1v) is 10.9. The average molecular weight is 459 g/mol. The smallest absolute Gasteiger partial charge is 0.271 e. The Morgan fingerprint density at radius 2 is 1.82 bits per heavy atom. The van der Waals surface area contributed by atoms with Gasteiger partial charge in [-0.3, -0.25) is 14.6 Å². The number of aromatic nitrogens is 1. The van der Waals surface area contributed by atoms with Crippen molar-refractivity contribution >= 4 is 17.5 Å². The molecule has 4 rings (SSSR count). The van der Waals surface area contributed by atoms with Crippen molar-refractivity contribution in [2.75, 3.05) is 14.2 Å². The molecule has 0 spiro atoms. The fourth-order valence-corrected chi connectivity index (χ4v) is 3.82. The van der Waals surface area contributed by atoms with E-state index in [1.165, 1.54) is 5.01 Å². The highest BCUT2D eigenvalue weighted by Gasteiger charge is 2.31. The fourth-order valence-electron chi connectivity index (χ4n) is 3.82. The molecule has 3 aromatic rings. The number of ether oxygens (including phenoxy) is 2. The van der Waals surface area contributed by atoms with Gasteiger partial charge >= 0.3 is 0 Å². The van der Waals surface area contributed by atoms with Gasteiger partial charge in [-0.25, -0.2) is 5.01 Å². The summed E-state index contributed by atoms with van der Waals surface area (Å²) in [6.07, 6.45) is 1.49. The van der Waals surface area contributed by atoms with Crippen LogP contribution in [0.3, 0.4) is 0 Å². The molecule has 1 aliphatic rings. The molecule has 1 atom stereocenters. The molecule has 34 heavy (non-hydrogen) atoms. The second kappa shape index (κ2) is 10.2. The Hall–Kier alpha value is -4.20. The number of pyridine rings is 1. The first-order chi connectivity index (χ1) is 16.5. The Bertz CT molecular complexity index is 1230. The maximum absolute atomic E-state index is 13.0. The second-order valence-corrected chi connectivity index (χ2v) is 7.86. The molecule has 2 heterocycles. The van der Waals surface area contributed by atoms with Gasteiger partial charge in [0.1, 0.15) is 5.69 Å². The topological polar surface area (TPSA) is 93.1 Å². The molecule has 1 N–H and O–H groups in total. The molecule has 8 nitrogen and oxygen atoms in total. The highest BCUT2D eigenvalue weighted by Crippen LogP contribution is 2.31. The molecular weight excluding hydrogens is 432 g/mol. The van der Waals surface area contributed by atoms with Crippen molar-refractivity contribution < 1.29 is 19.1 Å². The fraction of sp³-hybridized carbons (Fsp3) is 0.231. The number of hydrogen-bond donors (Lipinski definition) is 1. The Kier molecular flexibility index (Phi) is 6.87. The van der Waals surface area contributed by atoms with Crippen molar-refractivity contribution in [1.29, 1.82) is 0 Å². The summed E-state index contributed by atoms with van der Waals surface area (Å²) >= 11 is 0. The molecule has 8 heteroatoms. The van der Waals surface area contributed by atoms with Crippen molar-refractivity contribution in [2.24, 2.45) is 5.10 Å². The van der Waals surface area contributed by atoms with Crippen LogP contribution in [0.2, 0.25) is 0 Å². The van der Waals surface area contributed by atoms with Gasteiger partial charge < -0.3 is 14.8 Å². The monoisotopic (exact) mass is 458 g/mol. The van der Waals surface area contributed by atoms with E-state index in [4.69, 9.17) is 9.47 Å². The molecule has 1 aliphatic heterocycles. The van der Waals surface area contributed by atoms with Gasteiger partial charge in [0.25, 0.3) is 5.91 Å². The third kappa shape index (κ3) is 4.91. The molecule has 2 aromatic carbocycles. The molecule has 0 saturated carbocycles. The van der Waals surface area contributed by atoms with E-state index in [0.717, 1.165) is 16.7 Å². The third-order valence-corrected chi connectivity index (χ3v) is 5.54. The van der Waals surface area contributed by atoms with Crippen molar-refractivity contribution in [1.82, 2.24) is 15.3 Å². The summed E-state index contributed by atoms with van der Waals surface area (Å²) in [5.74, 6) is 0.603. The number of aryl methyl sites for hydroxylation is 1.